The standard InChI is InChI=1S/C12H18N4S/c1-3-6-13-9-12-14-8-11(17-12)10-5-7-15-16(10)4-2/h5,7-8,13H,3-4,6,9H2,1-2H3. The second-order valence-electron chi connectivity index (χ2n) is 3.83. The SMILES string of the molecule is CCCNCc1ncc(-c2ccnn2CC)s1. The molecule has 0 aliphatic heterocycles. The van der Waals surface area contributed by atoms with E-state index in [1.807, 2.05) is 23.1 Å². The maximum atomic E-state index is 4.43. The molecule has 0 fully saturated rings. The summed E-state index contributed by atoms with van der Waals surface area (Å²) in [6, 6.07) is 2.04. The average molecular weight is 250 g/mol. The highest BCUT2D eigenvalue weighted by molar-refractivity contribution is 7.15. The molecule has 0 saturated carbocycles. The van der Waals surface area contributed by atoms with E-state index in [1.165, 1.54) is 4.88 Å². The highest BCUT2D eigenvalue weighted by atomic mass is 32.1. The summed E-state index contributed by atoms with van der Waals surface area (Å²) in [5.74, 6) is 0. The summed E-state index contributed by atoms with van der Waals surface area (Å²) >= 11 is 1.74. The van der Waals surface area contributed by atoms with Gasteiger partial charge in [-0.1, -0.05) is 6.92 Å². The Bertz CT molecular complexity index is 461. The van der Waals surface area contributed by atoms with Crippen LogP contribution >= 0.6 is 11.3 Å². The Balaban J connectivity index is 2.07. The van der Waals surface area contributed by atoms with Crippen LogP contribution in [-0.2, 0) is 13.1 Å². The molecule has 1 N–H and O–H groups in total. The van der Waals surface area contributed by atoms with Crippen LogP contribution in [0.2, 0.25) is 0 Å². The maximum absolute atomic E-state index is 4.43. The minimum Gasteiger partial charge on any atom is -0.310 e. The molecule has 0 bridgehead atoms. The van der Waals surface area contributed by atoms with Gasteiger partial charge in [-0.15, -0.1) is 11.3 Å². The Labute approximate surface area is 106 Å². The van der Waals surface area contributed by atoms with Crippen LogP contribution in [0.5, 0.6) is 0 Å². The van der Waals surface area contributed by atoms with Crippen LogP contribution in [0.3, 0.4) is 0 Å². The van der Waals surface area contributed by atoms with Gasteiger partial charge in [-0.3, -0.25) is 4.68 Å². The lowest BCUT2D eigenvalue weighted by Crippen LogP contribution is -2.13. The van der Waals surface area contributed by atoms with Crippen LogP contribution in [0.15, 0.2) is 18.5 Å². The monoisotopic (exact) mass is 250 g/mol. The molecule has 2 aromatic rings. The molecule has 0 aliphatic rings. The molecule has 0 amide bonds. The zero-order valence-corrected chi connectivity index (χ0v) is 11.1. The van der Waals surface area contributed by atoms with Gasteiger partial charge < -0.3 is 5.32 Å². The third kappa shape index (κ3) is 2.92. The summed E-state index contributed by atoms with van der Waals surface area (Å²) < 4.78 is 2.00. The predicted molar refractivity (Wildman–Crippen MR) is 71.0 cm³/mol. The number of hydrogen-bond acceptors (Lipinski definition) is 4. The summed E-state index contributed by atoms with van der Waals surface area (Å²) in [6.07, 6.45) is 4.94. The molecule has 2 aromatic heterocycles. The third-order valence-electron chi connectivity index (χ3n) is 2.53. The van der Waals surface area contributed by atoms with Crippen LogP contribution in [0.4, 0.5) is 0 Å². The van der Waals surface area contributed by atoms with Crippen LogP contribution in [0.25, 0.3) is 10.6 Å². The van der Waals surface area contributed by atoms with Crippen LogP contribution < -0.4 is 5.32 Å². The van der Waals surface area contributed by atoms with Crippen molar-refractivity contribution in [1.82, 2.24) is 20.1 Å². The second-order valence-corrected chi connectivity index (χ2v) is 4.94. The van der Waals surface area contributed by atoms with E-state index in [-0.39, 0.29) is 0 Å². The van der Waals surface area contributed by atoms with Crippen molar-refractivity contribution in [2.75, 3.05) is 6.54 Å². The fraction of sp³-hybridized carbons (Fsp3) is 0.500. The van der Waals surface area contributed by atoms with E-state index in [1.54, 1.807) is 11.3 Å². The quantitative estimate of drug-likeness (QED) is 0.801. The van der Waals surface area contributed by atoms with E-state index in [2.05, 4.69) is 29.2 Å². The number of thiazole rings is 1. The molecule has 5 heteroatoms. The van der Waals surface area contributed by atoms with Gasteiger partial charge in [-0.05, 0) is 26.0 Å². The van der Waals surface area contributed by atoms with Gasteiger partial charge in [0.15, 0.2) is 0 Å². The van der Waals surface area contributed by atoms with Gasteiger partial charge in [-0.25, -0.2) is 4.98 Å². The normalized spacial score (nSPS) is 10.9. The Kier molecular flexibility index (Phi) is 4.28. The molecule has 0 aromatic carbocycles. The third-order valence-corrected chi connectivity index (χ3v) is 3.54. The van der Waals surface area contributed by atoms with E-state index in [4.69, 9.17) is 0 Å². The van der Waals surface area contributed by atoms with Gasteiger partial charge in [0.1, 0.15) is 5.01 Å². The Hall–Kier alpha value is -1.20. The van der Waals surface area contributed by atoms with Gasteiger partial charge in [0.25, 0.3) is 0 Å². The summed E-state index contributed by atoms with van der Waals surface area (Å²) in [6.45, 7) is 7.06. The van der Waals surface area contributed by atoms with Gasteiger partial charge in [0.05, 0.1) is 10.6 Å². The topological polar surface area (TPSA) is 42.7 Å². The van der Waals surface area contributed by atoms with E-state index in [0.717, 1.165) is 36.8 Å². The largest absolute Gasteiger partial charge is 0.310 e. The molecular formula is C12H18N4S. The predicted octanol–water partition coefficient (Wildman–Crippen LogP) is 2.53. The average Bonchev–Trinajstić information content (AvgIpc) is 2.96. The minimum absolute atomic E-state index is 0.860. The number of nitrogens with one attached hydrogen (secondary N) is 1. The fourth-order valence-electron chi connectivity index (χ4n) is 1.68. The van der Waals surface area contributed by atoms with E-state index in [9.17, 15) is 0 Å². The van der Waals surface area contributed by atoms with Crippen molar-refractivity contribution in [3.8, 4) is 10.6 Å². The van der Waals surface area contributed by atoms with Crippen molar-refractivity contribution in [3.63, 3.8) is 0 Å². The van der Waals surface area contributed by atoms with Crippen molar-refractivity contribution in [2.45, 2.75) is 33.4 Å². The van der Waals surface area contributed by atoms with Crippen molar-refractivity contribution in [3.05, 3.63) is 23.5 Å². The zero-order chi connectivity index (χ0) is 12.1. The second kappa shape index (κ2) is 5.93. The van der Waals surface area contributed by atoms with E-state index in [0.29, 0.717) is 0 Å². The Morgan fingerprint density at radius 3 is 3.06 bits per heavy atom. The molecule has 2 rings (SSSR count). The zero-order valence-electron chi connectivity index (χ0n) is 10.3. The number of nitrogens with zero attached hydrogens (tertiary/aromatic N) is 3. The van der Waals surface area contributed by atoms with Crippen LogP contribution in [0.1, 0.15) is 25.3 Å². The van der Waals surface area contributed by atoms with E-state index < -0.39 is 0 Å². The van der Waals surface area contributed by atoms with Crippen molar-refractivity contribution < 1.29 is 0 Å². The van der Waals surface area contributed by atoms with E-state index >= 15 is 0 Å². The smallest absolute Gasteiger partial charge is 0.107 e. The molecule has 17 heavy (non-hydrogen) atoms. The summed E-state index contributed by atoms with van der Waals surface area (Å²) in [7, 11) is 0. The number of hydrogen-bond donors (Lipinski definition) is 1. The molecule has 0 atom stereocenters. The first-order valence-electron chi connectivity index (χ1n) is 6.02. The molecule has 0 unspecified atom stereocenters. The lowest BCUT2D eigenvalue weighted by atomic mass is 10.4. The lowest BCUT2D eigenvalue weighted by Gasteiger charge is -2.00. The Morgan fingerprint density at radius 2 is 2.29 bits per heavy atom. The molecule has 0 radical (unpaired) electrons. The first-order chi connectivity index (χ1) is 8.35. The number of rotatable bonds is 6. The summed E-state index contributed by atoms with van der Waals surface area (Å²) in [4.78, 5) is 5.63. The molecule has 0 spiro atoms. The van der Waals surface area contributed by atoms with Crippen molar-refractivity contribution in [2.24, 2.45) is 0 Å². The fourth-order valence-corrected chi connectivity index (χ4v) is 2.59. The molecular weight excluding hydrogens is 232 g/mol. The molecule has 92 valence electrons. The Morgan fingerprint density at radius 1 is 1.41 bits per heavy atom. The lowest BCUT2D eigenvalue weighted by molar-refractivity contribution is 0.668. The first-order valence-corrected chi connectivity index (χ1v) is 6.84. The van der Waals surface area contributed by atoms with Gasteiger partial charge in [0, 0.05) is 25.5 Å². The van der Waals surface area contributed by atoms with Gasteiger partial charge in [-0.2, -0.15) is 5.10 Å². The van der Waals surface area contributed by atoms with Gasteiger partial charge >= 0.3 is 0 Å². The molecule has 2 heterocycles. The molecule has 0 saturated heterocycles. The van der Waals surface area contributed by atoms with Crippen LogP contribution in [-0.4, -0.2) is 21.3 Å². The highest BCUT2D eigenvalue weighted by Gasteiger charge is 2.08. The molecule has 4 nitrogen and oxygen atoms in total. The summed E-state index contributed by atoms with van der Waals surface area (Å²) in [5, 5.41) is 8.78. The van der Waals surface area contributed by atoms with Gasteiger partial charge in [0.2, 0.25) is 0 Å². The number of aryl methyl sites for hydroxylation is 1. The van der Waals surface area contributed by atoms with Crippen molar-refractivity contribution in [1.29, 1.82) is 0 Å². The first kappa shape index (κ1) is 12.3. The highest BCUT2D eigenvalue weighted by Crippen LogP contribution is 2.25. The maximum Gasteiger partial charge on any atom is 0.107 e. The molecule has 0 aliphatic carbocycles. The van der Waals surface area contributed by atoms with Crippen molar-refractivity contribution >= 4 is 11.3 Å². The minimum atomic E-state index is 0.860. The van der Waals surface area contributed by atoms with Crippen LogP contribution in [0, 0.1) is 0 Å². The summed E-state index contributed by atoms with van der Waals surface area (Å²) in [5.41, 5.74) is 1.16. The number of aromatic nitrogens is 3.